The zero-order chi connectivity index (χ0) is 22.4. The molecule has 0 aliphatic rings. The molecular weight excluding hydrogens is 419 g/mol. The van der Waals surface area contributed by atoms with Crippen LogP contribution in [0.5, 0.6) is 5.75 Å². The zero-order valence-corrected chi connectivity index (χ0v) is 17.2. The van der Waals surface area contributed by atoms with Crippen molar-refractivity contribution < 1.29 is 23.8 Å². The number of hydrogen-bond acceptors (Lipinski definition) is 6. The maximum Gasteiger partial charge on any atom is 0.341 e. The number of esters is 1. The number of benzene rings is 2. The Bertz CT molecular complexity index is 1180. The van der Waals surface area contributed by atoms with E-state index in [1.165, 1.54) is 42.5 Å². The summed E-state index contributed by atoms with van der Waals surface area (Å²) in [5, 5.41) is 23.2. The fourth-order valence-electron chi connectivity index (χ4n) is 2.75. The van der Waals surface area contributed by atoms with Gasteiger partial charge in [0.15, 0.2) is 0 Å². The van der Waals surface area contributed by atoms with Crippen molar-refractivity contribution in [2.24, 2.45) is 0 Å². The largest absolute Gasteiger partial charge is 0.508 e. The minimum absolute atomic E-state index is 0.0612. The van der Waals surface area contributed by atoms with Crippen molar-refractivity contribution in [1.82, 2.24) is 0 Å². The molecule has 0 radical (unpaired) electrons. The van der Waals surface area contributed by atoms with Gasteiger partial charge < -0.3 is 15.2 Å². The summed E-state index contributed by atoms with van der Waals surface area (Å²) in [6.45, 7) is 1.80. The van der Waals surface area contributed by atoms with Crippen molar-refractivity contribution >= 4 is 34.3 Å². The molecule has 0 aliphatic heterocycles. The van der Waals surface area contributed by atoms with Gasteiger partial charge in [-0.3, -0.25) is 4.79 Å². The molecule has 0 aliphatic carbocycles. The molecule has 2 aromatic carbocycles. The SMILES string of the molecule is CCOC(=O)c1c(-c2ccc(F)cc2)csc1NC(=O)/C(C#N)=C\c1ccc(O)cc1. The molecule has 0 saturated carbocycles. The third-order valence-electron chi connectivity index (χ3n) is 4.22. The van der Waals surface area contributed by atoms with Crippen LogP contribution in [0, 0.1) is 17.1 Å². The molecular formula is C23H17FN2O4S. The molecule has 0 saturated heterocycles. The van der Waals surface area contributed by atoms with Crippen LogP contribution < -0.4 is 5.32 Å². The first-order valence-corrected chi connectivity index (χ1v) is 10.1. The molecule has 2 N–H and O–H groups in total. The number of phenolic OH excluding ortho intramolecular Hbond substituents is 1. The zero-order valence-electron chi connectivity index (χ0n) is 16.4. The Morgan fingerprint density at radius 2 is 1.87 bits per heavy atom. The van der Waals surface area contributed by atoms with E-state index in [2.05, 4.69) is 5.32 Å². The lowest BCUT2D eigenvalue weighted by atomic mass is 10.0. The smallest absolute Gasteiger partial charge is 0.341 e. The van der Waals surface area contributed by atoms with Gasteiger partial charge in [-0.2, -0.15) is 5.26 Å². The van der Waals surface area contributed by atoms with E-state index in [9.17, 15) is 24.3 Å². The lowest BCUT2D eigenvalue weighted by Gasteiger charge is -2.08. The number of thiophene rings is 1. The Labute approximate surface area is 181 Å². The summed E-state index contributed by atoms with van der Waals surface area (Å²) in [5.74, 6) is -1.69. The predicted octanol–water partition coefficient (Wildman–Crippen LogP) is 4.98. The first-order chi connectivity index (χ1) is 14.9. The third kappa shape index (κ3) is 5.15. The quantitative estimate of drug-likeness (QED) is 0.322. The van der Waals surface area contributed by atoms with Crippen molar-refractivity contribution in [2.45, 2.75) is 6.92 Å². The molecule has 0 bridgehead atoms. The van der Waals surface area contributed by atoms with Gasteiger partial charge in [0, 0.05) is 10.9 Å². The number of halogens is 1. The maximum absolute atomic E-state index is 13.3. The van der Waals surface area contributed by atoms with E-state index in [1.807, 2.05) is 6.07 Å². The van der Waals surface area contributed by atoms with Crippen LogP contribution in [-0.4, -0.2) is 23.6 Å². The van der Waals surface area contributed by atoms with E-state index >= 15 is 0 Å². The number of nitriles is 1. The number of phenols is 1. The lowest BCUT2D eigenvalue weighted by molar-refractivity contribution is -0.112. The number of amides is 1. The number of hydrogen-bond donors (Lipinski definition) is 2. The van der Waals surface area contributed by atoms with Gasteiger partial charge in [-0.25, -0.2) is 9.18 Å². The van der Waals surface area contributed by atoms with Gasteiger partial charge in [0.2, 0.25) is 0 Å². The Kier molecular flexibility index (Phi) is 6.80. The van der Waals surface area contributed by atoms with E-state index in [-0.39, 0.29) is 28.5 Å². The fraction of sp³-hybridized carbons (Fsp3) is 0.0870. The van der Waals surface area contributed by atoms with Crippen LogP contribution in [0.25, 0.3) is 17.2 Å². The van der Waals surface area contributed by atoms with Gasteiger partial charge in [0.05, 0.1) is 6.61 Å². The predicted molar refractivity (Wildman–Crippen MR) is 116 cm³/mol. The molecule has 1 amide bonds. The Morgan fingerprint density at radius 1 is 1.19 bits per heavy atom. The molecule has 0 fully saturated rings. The van der Waals surface area contributed by atoms with E-state index in [4.69, 9.17) is 4.74 Å². The molecule has 0 unspecified atom stereocenters. The molecule has 0 spiro atoms. The highest BCUT2D eigenvalue weighted by Gasteiger charge is 2.23. The molecule has 1 heterocycles. The van der Waals surface area contributed by atoms with E-state index in [0.717, 1.165) is 11.3 Å². The van der Waals surface area contributed by atoms with Crippen molar-refractivity contribution in [3.05, 3.63) is 76.4 Å². The van der Waals surface area contributed by atoms with Crippen LogP contribution in [-0.2, 0) is 9.53 Å². The first kappa shape index (κ1) is 21.7. The molecule has 156 valence electrons. The van der Waals surface area contributed by atoms with Gasteiger partial charge >= 0.3 is 5.97 Å². The molecule has 1 aromatic heterocycles. The van der Waals surface area contributed by atoms with Crippen molar-refractivity contribution in [3.8, 4) is 22.9 Å². The fourth-order valence-corrected chi connectivity index (χ4v) is 3.71. The Balaban J connectivity index is 1.95. The van der Waals surface area contributed by atoms with Gasteiger partial charge in [-0.15, -0.1) is 11.3 Å². The topological polar surface area (TPSA) is 99.4 Å². The number of carbonyl (C=O) groups excluding carboxylic acids is 2. The van der Waals surface area contributed by atoms with Gasteiger partial charge in [0.25, 0.3) is 5.91 Å². The van der Waals surface area contributed by atoms with E-state index in [0.29, 0.717) is 16.7 Å². The molecule has 3 rings (SSSR count). The second-order valence-electron chi connectivity index (χ2n) is 6.30. The maximum atomic E-state index is 13.3. The number of carbonyl (C=O) groups is 2. The average Bonchev–Trinajstić information content (AvgIpc) is 3.17. The number of rotatable bonds is 6. The number of nitrogens with one attached hydrogen (secondary N) is 1. The molecule has 6 nitrogen and oxygen atoms in total. The summed E-state index contributed by atoms with van der Waals surface area (Å²) in [7, 11) is 0. The number of anilines is 1. The summed E-state index contributed by atoms with van der Waals surface area (Å²) < 4.78 is 18.4. The van der Waals surface area contributed by atoms with Crippen molar-refractivity contribution in [2.75, 3.05) is 11.9 Å². The van der Waals surface area contributed by atoms with Crippen molar-refractivity contribution in [3.63, 3.8) is 0 Å². The van der Waals surface area contributed by atoms with Crippen LogP contribution >= 0.6 is 11.3 Å². The highest BCUT2D eigenvalue weighted by molar-refractivity contribution is 7.15. The summed E-state index contributed by atoms with van der Waals surface area (Å²) in [5.41, 5.74) is 1.57. The first-order valence-electron chi connectivity index (χ1n) is 9.19. The van der Waals surface area contributed by atoms with Gasteiger partial charge in [0.1, 0.15) is 33.8 Å². The van der Waals surface area contributed by atoms with E-state index < -0.39 is 17.7 Å². The summed E-state index contributed by atoms with van der Waals surface area (Å²) >= 11 is 1.10. The van der Waals surface area contributed by atoms with Gasteiger partial charge in [-0.1, -0.05) is 24.3 Å². The third-order valence-corrected chi connectivity index (χ3v) is 5.12. The lowest BCUT2D eigenvalue weighted by Crippen LogP contribution is -2.16. The van der Waals surface area contributed by atoms with Gasteiger partial charge in [-0.05, 0) is 48.4 Å². The minimum atomic E-state index is -0.700. The summed E-state index contributed by atoms with van der Waals surface area (Å²) in [6.07, 6.45) is 1.37. The number of nitrogens with zero attached hydrogens (tertiary/aromatic N) is 1. The molecule has 3 aromatic rings. The summed E-state index contributed by atoms with van der Waals surface area (Å²) in [6, 6.07) is 13.4. The Morgan fingerprint density at radius 3 is 2.48 bits per heavy atom. The van der Waals surface area contributed by atoms with Crippen LogP contribution in [0.2, 0.25) is 0 Å². The normalized spacial score (nSPS) is 10.9. The standard InChI is InChI=1S/C23H17FN2O4S/c1-2-30-23(29)20-19(15-5-7-17(24)8-6-15)13-31-22(20)26-21(28)16(12-25)11-14-3-9-18(27)10-4-14/h3-11,13,27H,2H2,1H3,(H,26,28)/b16-11-. The van der Waals surface area contributed by atoms with Crippen molar-refractivity contribution in [1.29, 1.82) is 5.26 Å². The highest BCUT2D eigenvalue weighted by Crippen LogP contribution is 2.36. The van der Waals surface area contributed by atoms with Crippen LogP contribution in [0.1, 0.15) is 22.8 Å². The highest BCUT2D eigenvalue weighted by atomic mass is 32.1. The number of aromatic hydroxyl groups is 1. The minimum Gasteiger partial charge on any atom is -0.508 e. The average molecular weight is 436 g/mol. The van der Waals surface area contributed by atoms with Crippen LogP contribution in [0.3, 0.4) is 0 Å². The molecule has 0 atom stereocenters. The van der Waals surface area contributed by atoms with Crippen LogP contribution in [0.15, 0.2) is 59.5 Å². The van der Waals surface area contributed by atoms with E-state index in [1.54, 1.807) is 24.4 Å². The molecule has 8 heteroatoms. The second kappa shape index (κ2) is 9.69. The molecule has 31 heavy (non-hydrogen) atoms. The number of ether oxygens (including phenoxy) is 1. The monoisotopic (exact) mass is 436 g/mol. The second-order valence-corrected chi connectivity index (χ2v) is 7.18. The summed E-state index contributed by atoms with van der Waals surface area (Å²) in [4.78, 5) is 25.3. The Hall–Kier alpha value is -3.96. The van der Waals surface area contributed by atoms with Crippen LogP contribution in [0.4, 0.5) is 9.39 Å².